The first-order chi connectivity index (χ1) is 11.1. The van der Waals surface area contributed by atoms with Gasteiger partial charge in [-0.1, -0.05) is 47.9 Å². The predicted molar refractivity (Wildman–Crippen MR) is 93.3 cm³/mol. The Kier molecular flexibility index (Phi) is 5.85. The number of rotatable bonds is 5. The molecular weight excluding hydrogens is 313 g/mol. The Morgan fingerprint density at radius 1 is 1.17 bits per heavy atom. The Morgan fingerprint density at radius 3 is 2.48 bits per heavy atom. The molecule has 4 heteroatoms. The largest absolute Gasteiger partial charge is 0.507 e. The molecule has 0 fully saturated rings. The first-order valence-electron chi connectivity index (χ1n) is 6.91. The monoisotopic (exact) mass is 327 g/mol. The molecule has 0 aliphatic heterocycles. The van der Waals surface area contributed by atoms with Crippen molar-refractivity contribution in [2.75, 3.05) is 11.4 Å². The minimum Gasteiger partial charge on any atom is -0.507 e. The number of para-hydroxylation sites is 2. The standard InChI is InChI=1S/C19H15ClFNO/c1-2-3-13-19(23)16(20)14-22(15-9-5-4-6-10-15)18-12-8-7-11-17(18)21/h1,3-13,23H,14H2/b13-3-,19-16-. The molecule has 23 heavy (non-hydrogen) atoms. The zero-order valence-electron chi connectivity index (χ0n) is 12.3. The van der Waals surface area contributed by atoms with Crippen LogP contribution in [0.3, 0.4) is 0 Å². The summed E-state index contributed by atoms with van der Waals surface area (Å²) in [4.78, 5) is 1.68. The highest BCUT2D eigenvalue weighted by Gasteiger charge is 2.15. The molecule has 0 radical (unpaired) electrons. The molecule has 0 amide bonds. The fourth-order valence-electron chi connectivity index (χ4n) is 2.03. The zero-order chi connectivity index (χ0) is 16.7. The Balaban J connectivity index is 2.42. The molecule has 0 spiro atoms. The normalized spacial score (nSPS) is 11.9. The maximum absolute atomic E-state index is 14.2. The number of hydrogen-bond donors (Lipinski definition) is 1. The van der Waals surface area contributed by atoms with Crippen molar-refractivity contribution in [2.24, 2.45) is 0 Å². The lowest BCUT2D eigenvalue weighted by Crippen LogP contribution is -2.20. The molecule has 0 saturated heterocycles. The topological polar surface area (TPSA) is 23.5 Å². The smallest absolute Gasteiger partial charge is 0.146 e. The molecule has 0 bridgehead atoms. The number of hydrogen-bond acceptors (Lipinski definition) is 2. The second-order valence-corrected chi connectivity index (χ2v) is 5.12. The molecule has 116 valence electrons. The zero-order valence-corrected chi connectivity index (χ0v) is 13.0. The molecule has 0 atom stereocenters. The lowest BCUT2D eigenvalue weighted by molar-refractivity contribution is 0.428. The summed E-state index contributed by atoms with van der Waals surface area (Å²) in [5.41, 5.74) is 1.12. The number of halogens is 2. The van der Waals surface area contributed by atoms with Crippen LogP contribution in [0, 0.1) is 18.2 Å². The average molecular weight is 328 g/mol. The van der Waals surface area contributed by atoms with Crippen molar-refractivity contribution < 1.29 is 9.50 Å². The van der Waals surface area contributed by atoms with Crippen molar-refractivity contribution >= 4 is 23.0 Å². The van der Waals surface area contributed by atoms with Crippen LogP contribution in [0.5, 0.6) is 0 Å². The molecule has 2 rings (SSSR count). The van der Waals surface area contributed by atoms with E-state index in [1.165, 1.54) is 18.2 Å². The van der Waals surface area contributed by atoms with E-state index in [0.29, 0.717) is 5.69 Å². The SMILES string of the molecule is C#C/C=C\C(O)=C(\Cl)CN(c1ccccc1)c1ccccc1F. The molecule has 0 aliphatic rings. The van der Waals surface area contributed by atoms with Crippen LogP contribution in [-0.4, -0.2) is 11.7 Å². The van der Waals surface area contributed by atoms with Crippen LogP contribution in [0.1, 0.15) is 0 Å². The second-order valence-electron chi connectivity index (χ2n) is 4.66. The van der Waals surface area contributed by atoms with E-state index < -0.39 is 0 Å². The van der Waals surface area contributed by atoms with E-state index >= 15 is 0 Å². The van der Waals surface area contributed by atoms with Gasteiger partial charge in [0.25, 0.3) is 0 Å². The third-order valence-electron chi connectivity index (χ3n) is 3.12. The van der Waals surface area contributed by atoms with Crippen LogP contribution in [0.4, 0.5) is 15.8 Å². The van der Waals surface area contributed by atoms with Gasteiger partial charge >= 0.3 is 0 Å². The van der Waals surface area contributed by atoms with Gasteiger partial charge < -0.3 is 10.0 Å². The third-order valence-corrected chi connectivity index (χ3v) is 3.44. The summed E-state index contributed by atoms with van der Waals surface area (Å²) in [7, 11) is 0. The molecule has 2 nitrogen and oxygen atoms in total. The molecule has 0 aliphatic carbocycles. The molecule has 0 heterocycles. The molecule has 2 aromatic carbocycles. The summed E-state index contributed by atoms with van der Waals surface area (Å²) in [6, 6.07) is 15.6. The van der Waals surface area contributed by atoms with Crippen LogP contribution >= 0.6 is 11.6 Å². The van der Waals surface area contributed by atoms with E-state index in [-0.39, 0.29) is 23.2 Å². The van der Waals surface area contributed by atoms with Crippen molar-refractivity contribution in [3.8, 4) is 12.3 Å². The maximum atomic E-state index is 14.2. The van der Waals surface area contributed by atoms with Gasteiger partial charge in [-0.15, -0.1) is 6.42 Å². The van der Waals surface area contributed by atoms with Crippen LogP contribution in [-0.2, 0) is 0 Å². The van der Waals surface area contributed by atoms with Crippen LogP contribution in [0.15, 0.2) is 77.5 Å². The van der Waals surface area contributed by atoms with Crippen LogP contribution in [0.2, 0.25) is 0 Å². The molecule has 0 saturated carbocycles. The molecule has 2 aromatic rings. The Bertz CT molecular complexity index is 762. The second kappa shape index (κ2) is 8.07. The quantitative estimate of drug-likeness (QED) is 0.465. The van der Waals surface area contributed by atoms with Gasteiger partial charge in [0.05, 0.1) is 17.3 Å². The summed E-state index contributed by atoms with van der Waals surface area (Å²) in [6.07, 6.45) is 7.77. The Morgan fingerprint density at radius 2 is 1.83 bits per heavy atom. The lowest BCUT2D eigenvalue weighted by Gasteiger charge is -2.25. The third kappa shape index (κ3) is 4.38. The average Bonchev–Trinajstić information content (AvgIpc) is 2.59. The number of aliphatic hydroxyl groups is 1. The van der Waals surface area contributed by atoms with Gasteiger partial charge in [-0.2, -0.15) is 0 Å². The van der Waals surface area contributed by atoms with E-state index in [4.69, 9.17) is 18.0 Å². The number of allylic oxidation sites excluding steroid dienone is 2. The number of anilines is 2. The Labute approximate surface area is 140 Å². The summed E-state index contributed by atoms with van der Waals surface area (Å²) in [6.45, 7) is 0.104. The van der Waals surface area contributed by atoms with Gasteiger partial charge in [0.2, 0.25) is 0 Å². The van der Waals surface area contributed by atoms with E-state index in [9.17, 15) is 9.50 Å². The first kappa shape index (κ1) is 16.7. The highest BCUT2D eigenvalue weighted by Crippen LogP contribution is 2.29. The minimum atomic E-state index is -0.375. The summed E-state index contributed by atoms with van der Waals surface area (Å²) in [5, 5.41) is 10.1. The van der Waals surface area contributed by atoms with E-state index in [1.807, 2.05) is 30.3 Å². The fourth-order valence-corrected chi connectivity index (χ4v) is 2.21. The van der Waals surface area contributed by atoms with Crippen LogP contribution in [0.25, 0.3) is 0 Å². The van der Waals surface area contributed by atoms with Crippen molar-refractivity contribution in [3.63, 3.8) is 0 Å². The summed E-state index contributed by atoms with van der Waals surface area (Å²) in [5.74, 6) is 1.75. The van der Waals surface area contributed by atoms with Crippen molar-refractivity contribution in [3.05, 3.63) is 83.4 Å². The van der Waals surface area contributed by atoms with Crippen molar-refractivity contribution in [2.45, 2.75) is 0 Å². The van der Waals surface area contributed by atoms with Crippen molar-refractivity contribution in [1.29, 1.82) is 0 Å². The number of nitrogens with zero attached hydrogens (tertiary/aromatic N) is 1. The highest BCUT2D eigenvalue weighted by atomic mass is 35.5. The summed E-state index contributed by atoms with van der Waals surface area (Å²) >= 11 is 6.16. The molecule has 0 aromatic heterocycles. The highest BCUT2D eigenvalue weighted by molar-refractivity contribution is 6.30. The lowest BCUT2D eigenvalue weighted by atomic mass is 10.2. The number of benzene rings is 2. The minimum absolute atomic E-state index is 0.104. The molecule has 0 unspecified atom stereocenters. The van der Waals surface area contributed by atoms with Gasteiger partial charge in [0.15, 0.2) is 0 Å². The van der Waals surface area contributed by atoms with Gasteiger partial charge in [-0.05, 0) is 36.4 Å². The maximum Gasteiger partial charge on any atom is 0.146 e. The van der Waals surface area contributed by atoms with Gasteiger partial charge in [0, 0.05) is 5.69 Å². The van der Waals surface area contributed by atoms with E-state index in [0.717, 1.165) is 5.69 Å². The van der Waals surface area contributed by atoms with Gasteiger partial charge in [-0.25, -0.2) is 4.39 Å². The van der Waals surface area contributed by atoms with Crippen LogP contribution < -0.4 is 4.90 Å². The van der Waals surface area contributed by atoms with E-state index in [2.05, 4.69) is 5.92 Å². The fraction of sp³-hybridized carbons (Fsp3) is 0.0526. The molecular formula is C19H15ClFNO. The predicted octanol–water partition coefficient (Wildman–Crippen LogP) is 5.16. The Hall–Kier alpha value is -2.70. The summed E-state index contributed by atoms with van der Waals surface area (Å²) < 4.78 is 14.2. The molecule has 1 N–H and O–H groups in total. The van der Waals surface area contributed by atoms with Gasteiger partial charge in [0.1, 0.15) is 11.6 Å². The number of aliphatic hydroxyl groups excluding tert-OH is 1. The number of terminal acetylenes is 1. The van der Waals surface area contributed by atoms with E-state index in [1.54, 1.807) is 23.1 Å². The van der Waals surface area contributed by atoms with Gasteiger partial charge in [-0.3, -0.25) is 0 Å². The first-order valence-corrected chi connectivity index (χ1v) is 7.28. The van der Waals surface area contributed by atoms with Crippen molar-refractivity contribution in [1.82, 2.24) is 0 Å².